The molecular formula is C16H11FO3. The molecule has 0 spiro atoms. The molecule has 0 amide bonds. The third-order valence-corrected chi connectivity index (χ3v) is 3.09. The number of Topliss-reactive ketones (excluding diaryl/α,β-unsaturated/α-hetero) is 1. The van der Waals surface area contributed by atoms with Gasteiger partial charge in [-0.3, -0.25) is 4.79 Å². The molecule has 0 unspecified atom stereocenters. The van der Waals surface area contributed by atoms with Crippen LogP contribution in [-0.2, 0) is 0 Å². The maximum Gasteiger partial charge on any atom is 0.235 e. The van der Waals surface area contributed by atoms with Gasteiger partial charge in [-0.25, -0.2) is 4.39 Å². The molecule has 1 N–H and O–H groups in total. The molecule has 4 heteroatoms. The van der Waals surface area contributed by atoms with E-state index in [-0.39, 0.29) is 22.6 Å². The summed E-state index contributed by atoms with van der Waals surface area (Å²) in [6.07, 6.45) is 1.34. The molecule has 1 aliphatic heterocycles. The number of ether oxygens (including phenoxy) is 1. The molecule has 2 aromatic carbocycles. The molecule has 100 valence electrons. The Morgan fingerprint density at radius 2 is 2.00 bits per heavy atom. The van der Waals surface area contributed by atoms with E-state index in [1.165, 1.54) is 18.2 Å². The molecule has 0 radical (unpaired) electrons. The van der Waals surface area contributed by atoms with Crippen LogP contribution in [0.15, 0.2) is 42.2 Å². The highest BCUT2D eigenvalue weighted by atomic mass is 19.1. The Kier molecular flexibility index (Phi) is 2.79. The fraction of sp³-hybridized carbons (Fsp3) is 0.0625. The second-order valence-electron chi connectivity index (χ2n) is 4.62. The highest BCUT2D eigenvalue weighted by Gasteiger charge is 2.30. The summed E-state index contributed by atoms with van der Waals surface area (Å²) in [5.41, 5.74) is 1.17. The predicted octanol–water partition coefficient (Wildman–Crippen LogP) is 3.46. The number of carbonyl (C=O) groups excluding carboxylic acids is 1. The average molecular weight is 270 g/mol. The van der Waals surface area contributed by atoms with Crippen LogP contribution in [0, 0.1) is 12.7 Å². The van der Waals surface area contributed by atoms with Gasteiger partial charge in [0.05, 0.1) is 0 Å². The number of hydrogen-bond donors (Lipinski definition) is 1. The van der Waals surface area contributed by atoms with Gasteiger partial charge in [0, 0.05) is 5.56 Å². The lowest BCUT2D eigenvalue weighted by Crippen LogP contribution is -1.99. The zero-order chi connectivity index (χ0) is 14.3. The number of benzene rings is 2. The summed E-state index contributed by atoms with van der Waals surface area (Å²) < 4.78 is 19.0. The van der Waals surface area contributed by atoms with Gasteiger partial charge in [-0.1, -0.05) is 18.2 Å². The van der Waals surface area contributed by atoms with Gasteiger partial charge < -0.3 is 9.84 Å². The zero-order valence-electron chi connectivity index (χ0n) is 10.7. The summed E-state index contributed by atoms with van der Waals surface area (Å²) in [7, 11) is 0. The topological polar surface area (TPSA) is 46.5 Å². The van der Waals surface area contributed by atoms with Gasteiger partial charge in [-0.2, -0.15) is 0 Å². The molecule has 1 heterocycles. The maximum absolute atomic E-state index is 13.6. The van der Waals surface area contributed by atoms with E-state index in [1.54, 1.807) is 31.2 Å². The molecule has 20 heavy (non-hydrogen) atoms. The van der Waals surface area contributed by atoms with Gasteiger partial charge in [0.15, 0.2) is 5.76 Å². The van der Waals surface area contributed by atoms with Crippen LogP contribution in [0.2, 0.25) is 0 Å². The lowest BCUT2D eigenvalue weighted by Gasteiger charge is -2.01. The van der Waals surface area contributed by atoms with Crippen molar-refractivity contribution in [2.75, 3.05) is 0 Å². The molecule has 0 aliphatic carbocycles. The summed E-state index contributed by atoms with van der Waals surface area (Å²) in [6.45, 7) is 1.78. The lowest BCUT2D eigenvalue weighted by molar-refractivity contribution is 0.101. The molecule has 0 atom stereocenters. The minimum atomic E-state index is -0.444. The summed E-state index contributed by atoms with van der Waals surface area (Å²) in [5.74, 6) is -0.698. The van der Waals surface area contributed by atoms with Crippen LogP contribution >= 0.6 is 0 Å². The van der Waals surface area contributed by atoms with E-state index >= 15 is 0 Å². The van der Waals surface area contributed by atoms with Crippen molar-refractivity contribution in [1.29, 1.82) is 0 Å². The first-order chi connectivity index (χ1) is 9.56. The summed E-state index contributed by atoms with van der Waals surface area (Å²) >= 11 is 0. The number of halogens is 1. The fourth-order valence-corrected chi connectivity index (χ4v) is 2.16. The van der Waals surface area contributed by atoms with E-state index in [2.05, 4.69) is 0 Å². The number of ketones is 1. The third kappa shape index (κ3) is 1.95. The smallest absolute Gasteiger partial charge is 0.235 e. The molecule has 0 saturated carbocycles. The number of fused-ring (bicyclic) bond motifs is 1. The predicted molar refractivity (Wildman–Crippen MR) is 72.2 cm³/mol. The van der Waals surface area contributed by atoms with Gasteiger partial charge in [0.2, 0.25) is 5.78 Å². The minimum absolute atomic E-state index is 0.00556. The van der Waals surface area contributed by atoms with Crippen molar-refractivity contribution >= 4 is 11.9 Å². The van der Waals surface area contributed by atoms with E-state index in [9.17, 15) is 14.3 Å². The van der Waals surface area contributed by atoms with Crippen LogP contribution in [0.5, 0.6) is 11.5 Å². The van der Waals surface area contributed by atoms with Crippen molar-refractivity contribution < 1.29 is 19.0 Å². The van der Waals surface area contributed by atoms with Crippen molar-refractivity contribution in [3.8, 4) is 11.5 Å². The van der Waals surface area contributed by atoms with E-state index in [4.69, 9.17) is 4.74 Å². The second kappa shape index (κ2) is 4.49. The summed E-state index contributed by atoms with van der Waals surface area (Å²) in [4.78, 5) is 12.2. The largest absolute Gasteiger partial charge is 0.507 e. The Bertz CT molecular complexity index is 747. The Balaban J connectivity index is 2.07. The molecule has 0 saturated heterocycles. The van der Waals surface area contributed by atoms with Gasteiger partial charge in [-0.15, -0.1) is 0 Å². The van der Waals surface area contributed by atoms with Gasteiger partial charge in [0.1, 0.15) is 22.9 Å². The first kappa shape index (κ1) is 12.4. The third-order valence-electron chi connectivity index (χ3n) is 3.09. The molecule has 0 bridgehead atoms. The van der Waals surface area contributed by atoms with Gasteiger partial charge >= 0.3 is 0 Å². The number of rotatable bonds is 1. The molecule has 1 aliphatic rings. The normalized spacial score (nSPS) is 15.3. The van der Waals surface area contributed by atoms with Crippen LogP contribution in [0.4, 0.5) is 4.39 Å². The molecule has 3 nitrogen and oxygen atoms in total. The zero-order valence-corrected chi connectivity index (χ0v) is 10.7. The Labute approximate surface area is 114 Å². The monoisotopic (exact) mass is 270 g/mol. The number of aromatic hydroxyl groups is 1. The molecule has 3 rings (SSSR count). The lowest BCUT2D eigenvalue weighted by atomic mass is 10.1. The highest BCUT2D eigenvalue weighted by Crippen LogP contribution is 2.38. The number of allylic oxidation sites excluding steroid dienone is 1. The quantitative estimate of drug-likeness (QED) is 0.807. The first-order valence-electron chi connectivity index (χ1n) is 6.08. The highest BCUT2D eigenvalue weighted by molar-refractivity contribution is 6.16. The molecule has 0 aromatic heterocycles. The summed E-state index contributed by atoms with van der Waals surface area (Å²) in [6, 6.07) is 9.25. The van der Waals surface area contributed by atoms with Crippen LogP contribution < -0.4 is 4.74 Å². The van der Waals surface area contributed by atoms with Crippen molar-refractivity contribution in [1.82, 2.24) is 0 Å². The molecule has 2 aromatic rings. The molecule has 0 fully saturated rings. The van der Waals surface area contributed by atoms with Crippen molar-refractivity contribution in [3.05, 3.63) is 64.7 Å². The van der Waals surface area contributed by atoms with Crippen LogP contribution in [-0.4, -0.2) is 10.9 Å². The first-order valence-corrected chi connectivity index (χ1v) is 6.08. The van der Waals surface area contributed by atoms with Gasteiger partial charge in [0.25, 0.3) is 0 Å². The number of phenols is 1. The SMILES string of the molecule is Cc1cc(O)c2c(c1)OC(=Cc1ccccc1F)C2=O. The van der Waals surface area contributed by atoms with Crippen LogP contribution in [0.3, 0.4) is 0 Å². The number of aryl methyl sites for hydroxylation is 1. The van der Waals surface area contributed by atoms with Crippen LogP contribution in [0.25, 0.3) is 6.08 Å². The van der Waals surface area contributed by atoms with Crippen molar-refractivity contribution in [2.24, 2.45) is 0 Å². The van der Waals surface area contributed by atoms with E-state index in [1.807, 2.05) is 0 Å². The van der Waals surface area contributed by atoms with E-state index in [0.29, 0.717) is 5.75 Å². The van der Waals surface area contributed by atoms with Crippen LogP contribution in [0.1, 0.15) is 21.5 Å². The van der Waals surface area contributed by atoms with Crippen molar-refractivity contribution in [3.63, 3.8) is 0 Å². The van der Waals surface area contributed by atoms with E-state index in [0.717, 1.165) is 5.56 Å². The Morgan fingerprint density at radius 3 is 2.75 bits per heavy atom. The maximum atomic E-state index is 13.6. The number of phenolic OH excluding ortho intramolecular Hbond substituents is 1. The standard InChI is InChI=1S/C16H11FO3/c1-9-6-12(18)15-13(7-9)20-14(16(15)19)8-10-4-2-3-5-11(10)17/h2-8,18H,1H3. The van der Waals surface area contributed by atoms with Crippen molar-refractivity contribution in [2.45, 2.75) is 6.92 Å². The number of carbonyl (C=O) groups is 1. The average Bonchev–Trinajstić information content (AvgIpc) is 2.69. The van der Waals surface area contributed by atoms with E-state index < -0.39 is 11.6 Å². The van der Waals surface area contributed by atoms with Gasteiger partial charge in [-0.05, 0) is 36.8 Å². The Hall–Kier alpha value is -2.62. The second-order valence-corrected chi connectivity index (χ2v) is 4.62. The Morgan fingerprint density at radius 1 is 1.25 bits per heavy atom. The fourth-order valence-electron chi connectivity index (χ4n) is 2.16. The molecular weight excluding hydrogens is 259 g/mol. The summed E-state index contributed by atoms with van der Waals surface area (Å²) in [5, 5.41) is 9.82. The number of hydrogen-bond acceptors (Lipinski definition) is 3. The minimum Gasteiger partial charge on any atom is -0.507 e.